The van der Waals surface area contributed by atoms with Crippen LogP contribution in [0, 0.1) is 5.82 Å². The van der Waals surface area contributed by atoms with E-state index in [-0.39, 0.29) is 17.9 Å². The number of carbonyl (C=O) groups excluding carboxylic acids is 1. The molecule has 3 aromatic rings. The fraction of sp³-hybridized carbons (Fsp3) is 0.250. The lowest BCUT2D eigenvalue weighted by Gasteiger charge is -2.13. The molecule has 0 aliphatic carbocycles. The van der Waals surface area contributed by atoms with Gasteiger partial charge in [0.2, 0.25) is 0 Å². The van der Waals surface area contributed by atoms with Gasteiger partial charge in [0, 0.05) is 19.8 Å². The minimum absolute atomic E-state index is 0.0720. The number of aryl methyl sites for hydroxylation is 1. The van der Waals surface area contributed by atoms with Crippen molar-refractivity contribution in [1.29, 1.82) is 0 Å². The molecule has 0 saturated heterocycles. The molecule has 9 heteroatoms. The van der Waals surface area contributed by atoms with E-state index in [9.17, 15) is 24.2 Å². The van der Waals surface area contributed by atoms with E-state index in [4.69, 9.17) is 5.11 Å². The first-order valence-corrected chi connectivity index (χ1v) is 8.84. The number of aliphatic hydroxyl groups is 2. The van der Waals surface area contributed by atoms with E-state index in [0.29, 0.717) is 11.9 Å². The lowest BCUT2D eigenvalue weighted by Crippen LogP contribution is -2.37. The normalized spacial score (nSPS) is 12.1. The lowest BCUT2D eigenvalue weighted by atomic mass is 10.1. The van der Waals surface area contributed by atoms with Gasteiger partial charge in [-0.05, 0) is 35.7 Å². The second-order valence-corrected chi connectivity index (χ2v) is 6.65. The predicted octanol–water partition coefficient (Wildman–Crippen LogP) is 0.452. The SMILES string of the molecule is Cn1c(=O)c(C(=O)NC[C@H](O)CO)c(O)c2ncc(Cc3ccc(F)cc3)cc21. The quantitative estimate of drug-likeness (QED) is 0.475. The van der Waals surface area contributed by atoms with E-state index in [1.165, 1.54) is 29.9 Å². The number of halogens is 1. The van der Waals surface area contributed by atoms with E-state index in [1.807, 2.05) is 0 Å². The molecule has 0 spiro atoms. The number of aromatic hydroxyl groups is 1. The molecule has 0 aliphatic rings. The molecular formula is C20H20FN3O5. The summed E-state index contributed by atoms with van der Waals surface area (Å²) >= 11 is 0. The summed E-state index contributed by atoms with van der Waals surface area (Å²) in [6.07, 6.45) is 0.768. The maximum Gasteiger partial charge on any atom is 0.267 e. The van der Waals surface area contributed by atoms with E-state index in [1.54, 1.807) is 18.2 Å². The number of rotatable bonds is 6. The highest BCUT2D eigenvalue weighted by Crippen LogP contribution is 2.25. The Morgan fingerprint density at radius 1 is 1.28 bits per heavy atom. The van der Waals surface area contributed by atoms with Gasteiger partial charge in [-0.2, -0.15) is 0 Å². The monoisotopic (exact) mass is 401 g/mol. The second-order valence-electron chi connectivity index (χ2n) is 6.65. The van der Waals surface area contributed by atoms with Crippen LogP contribution in [0.1, 0.15) is 21.5 Å². The number of nitrogens with zero attached hydrogens (tertiary/aromatic N) is 2. The van der Waals surface area contributed by atoms with Crippen molar-refractivity contribution in [2.24, 2.45) is 7.05 Å². The summed E-state index contributed by atoms with van der Waals surface area (Å²) in [6, 6.07) is 7.66. The number of aromatic nitrogens is 2. The molecule has 4 N–H and O–H groups in total. The highest BCUT2D eigenvalue weighted by atomic mass is 19.1. The van der Waals surface area contributed by atoms with Crippen molar-refractivity contribution >= 4 is 16.9 Å². The van der Waals surface area contributed by atoms with Crippen molar-refractivity contribution in [2.75, 3.05) is 13.2 Å². The van der Waals surface area contributed by atoms with Crippen molar-refractivity contribution in [1.82, 2.24) is 14.9 Å². The number of amides is 1. The molecule has 0 bridgehead atoms. The van der Waals surface area contributed by atoms with Gasteiger partial charge >= 0.3 is 0 Å². The zero-order chi connectivity index (χ0) is 21.1. The van der Waals surface area contributed by atoms with Crippen molar-refractivity contribution in [3.8, 4) is 5.75 Å². The average molecular weight is 401 g/mol. The van der Waals surface area contributed by atoms with Crippen LogP contribution >= 0.6 is 0 Å². The van der Waals surface area contributed by atoms with Crippen LogP contribution in [0.2, 0.25) is 0 Å². The highest BCUT2D eigenvalue weighted by Gasteiger charge is 2.22. The molecule has 0 fully saturated rings. The minimum atomic E-state index is -1.18. The average Bonchev–Trinajstić information content (AvgIpc) is 2.72. The molecule has 1 aromatic carbocycles. The molecule has 152 valence electrons. The Bertz CT molecular complexity index is 1110. The highest BCUT2D eigenvalue weighted by molar-refractivity contribution is 6.01. The zero-order valence-corrected chi connectivity index (χ0v) is 15.6. The number of hydrogen-bond acceptors (Lipinski definition) is 6. The Morgan fingerprint density at radius 3 is 2.62 bits per heavy atom. The molecule has 29 heavy (non-hydrogen) atoms. The number of aliphatic hydroxyl groups excluding tert-OH is 2. The number of carbonyl (C=O) groups is 1. The van der Waals surface area contributed by atoms with Crippen LogP contribution in [0.15, 0.2) is 41.3 Å². The standard InChI is InChI=1S/C20H20FN3O5/c1-24-15-7-12(6-11-2-4-13(21)5-3-11)8-22-17(15)18(27)16(20(24)29)19(28)23-9-14(26)10-25/h2-5,7-8,14,25-27H,6,9-10H2,1H3,(H,23,28)/t14-/m0/s1. The van der Waals surface area contributed by atoms with Crippen LogP contribution in [0.3, 0.4) is 0 Å². The topological polar surface area (TPSA) is 125 Å². The van der Waals surface area contributed by atoms with Gasteiger partial charge < -0.3 is 25.2 Å². The number of fused-ring (bicyclic) bond motifs is 1. The number of hydrogen-bond donors (Lipinski definition) is 4. The molecule has 1 atom stereocenters. The van der Waals surface area contributed by atoms with Gasteiger partial charge in [-0.25, -0.2) is 4.39 Å². The van der Waals surface area contributed by atoms with Gasteiger partial charge in [0.25, 0.3) is 11.5 Å². The smallest absolute Gasteiger partial charge is 0.267 e. The summed E-state index contributed by atoms with van der Waals surface area (Å²) in [5.74, 6) is -1.78. The Hall–Kier alpha value is -3.30. The fourth-order valence-electron chi connectivity index (χ4n) is 2.93. The van der Waals surface area contributed by atoms with Crippen LogP contribution in [-0.2, 0) is 13.5 Å². The maximum absolute atomic E-state index is 13.1. The zero-order valence-electron chi connectivity index (χ0n) is 15.6. The van der Waals surface area contributed by atoms with Gasteiger partial charge in [0.05, 0.1) is 18.2 Å². The van der Waals surface area contributed by atoms with Gasteiger partial charge in [-0.15, -0.1) is 0 Å². The predicted molar refractivity (Wildman–Crippen MR) is 103 cm³/mol. The molecule has 3 rings (SSSR count). The molecule has 2 heterocycles. The third-order valence-corrected chi connectivity index (χ3v) is 4.52. The molecule has 1 amide bonds. The first-order valence-electron chi connectivity index (χ1n) is 8.84. The lowest BCUT2D eigenvalue weighted by molar-refractivity contribution is 0.0799. The van der Waals surface area contributed by atoms with E-state index in [2.05, 4.69) is 10.3 Å². The first-order chi connectivity index (χ1) is 13.8. The largest absolute Gasteiger partial charge is 0.505 e. The van der Waals surface area contributed by atoms with Crippen molar-refractivity contribution < 1.29 is 24.5 Å². The summed E-state index contributed by atoms with van der Waals surface area (Å²) in [6.45, 7) is -0.833. The van der Waals surface area contributed by atoms with E-state index < -0.39 is 35.5 Å². The number of pyridine rings is 2. The summed E-state index contributed by atoms with van der Waals surface area (Å²) in [5.41, 5.74) is 0.763. The molecule has 0 aliphatic heterocycles. The maximum atomic E-state index is 13.1. The summed E-state index contributed by atoms with van der Waals surface area (Å²) < 4.78 is 14.3. The molecule has 8 nitrogen and oxygen atoms in total. The minimum Gasteiger partial charge on any atom is -0.505 e. The summed E-state index contributed by atoms with van der Waals surface area (Å²) in [7, 11) is 1.45. The van der Waals surface area contributed by atoms with Crippen LogP contribution < -0.4 is 10.9 Å². The summed E-state index contributed by atoms with van der Waals surface area (Å²) in [4.78, 5) is 29.1. The fourth-order valence-corrected chi connectivity index (χ4v) is 2.93. The van der Waals surface area contributed by atoms with Crippen LogP contribution in [-0.4, -0.2) is 50.0 Å². The molecule has 0 unspecified atom stereocenters. The van der Waals surface area contributed by atoms with Gasteiger partial charge in [-0.1, -0.05) is 12.1 Å². The van der Waals surface area contributed by atoms with Gasteiger partial charge in [-0.3, -0.25) is 14.6 Å². The molecular weight excluding hydrogens is 381 g/mol. The third kappa shape index (κ3) is 4.25. The summed E-state index contributed by atoms with van der Waals surface area (Å²) in [5, 5.41) is 30.9. The Kier molecular flexibility index (Phi) is 5.90. The Balaban J connectivity index is 1.98. The Morgan fingerprint density at radius 2 is 1.97 bits per heavy atom. The van der Waals surface area contributed by atoms with Crippen molar-refractivity contribution in [2.45, 2.75) is 12.5 Å². The molecule has 2 aromatic heterocycles. The van der Waals surface area contributed by atoms with E-state index in [0.717, 1.165) is 11.1 Å². The van der Waals surface area contributed by atoms with Crippen molar-refractivity contribution in [3.05, 3.63) is 69.4 Å². The molecule has 0 saturated carbocycles. The number of nitrogens with one attached hydrogen (secondary N) is 1. The van der Waals surface area contributed by atoms with E-state index >= 15 is 0 Å². The number of benzene rings is 1. The Labute approximate surface area is 164 Å². The van der Waals surface area contributed by atoms with Gasteiger partial charge in [0.15, 0.2) is 5.75 Å². The van der Waals surface area contributed by atoms with Gasteiger partial charge in [0.1, 0.15) is 16.9 Å². The second kappa shape index (κ2) is 8.38. The van der Waals surface area contributed by atoms with Crippen LogP contribution in [0.5, 0.6) is 5.75 Å². The van der Waals surface area contributed by atoms with Crippen molar-refractivity contribution in [3.63, 3.8) is 0 Å². The third-order valence-electron chi connectivity index (χ3n) is 4.52. The van der Waals surface area contributed by atoms with Crippen LogP contribution in [0.25, 0.3) is 11.0 Å². The molecule has 0 radical (unpaired) electrons. The van der Waals surface area contributed by atoms with Crippen LogP contribution in [0.4, 0.5) is 4.39 Å². The first kappa shape index (κ1) is 20.4.